The summed E-state index contributed by atoms with van der Waals surface area (Å²) < 4.78 is 2.12. The van der Waals surface area contributed by atoms with Gasteiger partial charge in [0.05, 0.1) is 0 Å². The summed E-state index contributed by atoms with van der Waals surface area (Å²) >= 11 is 7.11. The highest BCUT2D eigenvalue weighted by Gasteiger charge is 2.13. The molecule has 3 heteroatoms. The third kappa shape index (κ3) is 5.64. The van der Waals surface area contributed by atoms with Gasteiger partial charge in [0.1, 0.15) is 0 Å². The van der Waals surface area contributed by atoms with Crippen LogP contribution in [0.1, 0.15) is 16.7 Å². The lowest BCUT2D eigenvalue weighted by atomic mass is 9.95. The molecule has 0 fully saturated rings. The van der Waals surface area contributed by atoms with Crippen LogP contribution in [0.25, 0.3) is 11.6 Å². The summed E-state index contributed by atoms with van der Waals surface area (Å²) in [5.74, 6) is 0. The predicted octanol–water partition coefficient (Wildman–Crippen LogP) is 10.3. The van der Waals surface area contributed by atoms with Crippen molar-refractivity contribution in [1.29, 1.82) is 0 Å². The molecule has 0 saturated heterocycles. The second-order valence-electron chi connectivity index (χ2n) is 8.17. The van der Waals surface area contributed by atoms with Crippen LogP contribution in [0.5, 0.6) is 0 Å². The summed E-state index contributed by atoms with van der Waals surface area (Å²) in [6.45, 7) is 0. The van der Waals surface area contributed by atoms with Crippen molar-refractivity contribution in [1.82, 2.24) is 0 Å². The van der Waals surface area contributed by atoms with Crippen LogP contribution < -0.4 is 4.90 Å². The molecular weight excluding hydrogens is 558 g/mol. The van der Waals surface area contributed by atoms with Crippen LogP contribution in [-0.2, 0) is 0 Å². The van der Waals surface area contributed by atoms with E-state index in [4.69, 9.17) is 0 Å². The number of hydrogen-bond donors (Lipinski definition) is 0. The van der Waals surface area contributed by atoms with Gasteiger partial charge in [-0.1, -0.05) is 105 Å². The monoisotopic (exact) mass is 579 g/mol. The minimum absolute atomic E-state index is 1.06. The molecule has 35 heavy (non-hydrogen) atoms. The topological polar surface area (TPSA) is 3.24 Å². The van der Waals surface area contributed by atoms with Crippen LogP contribution >= 0.6 is 31.9 Å². The first-order valence-corrected chi connectivity index (χ1v) is 13.0. The van der Waals surface area contributed by atoms with E-state index < -0.39 is 0 Å². The molecule has 0 spiro atoms. The molecule has 5 aromatic rings. The molecular formula is C32H23Br2N. The van der Waals surface area contributed by atoms with Crippen molar-refractivity contribution >= 4 is 60.6 Å². The zero-order valence-corrected chi connectivity index (χ0v) is 22.2. The molecule has 0 N–H and O–H groups in total. The summed E-state index contributed by atoms with van der Waals surface area (Å²) in [4.78, 5) is 2.27. The average molecular weight is 581 g/mol. The Hall–Kier alpha value is -3.40. The number of hydrogen-bond acceptors (Lipinski definition) is 1. The minimum atomic E-state index is 1.06. The van der Waals surface area contributed by atoms with Gasteiger partial charge in [0.25, 0.3) is 0 Å². The van der Waals surface area contributed by atoms with Crippen LogP contribution in [0, 0.1) is 0 Å². The minimum Gasteiger partial charge on any atom is -0.311 e. The van der Waals surface area contributed by atoms with Crippen LogP contribution in [0.4, 0.5) is 17.1 Å². The Morgan fingerprint density at radius 1 is 0.457 bits per heavy atom. The van der Waals surface area contributed by atoms with Gasteiger partial charge < -0.3 is 4.90 Å². The maximum atomic E-state index is 3.56. The first kappa shape index (κ1) is 23.3. The third-order valence-electron chi connectivity index (χ3n) is 5.80. The molecule has 0 radical (unpaired) electrons. The maximum Gasteiger partial charge on any atom is 0.0462 e. The van der Waals surface area contributed by atoms with E-state index in [1.165, 1.54) is 16.7 Å². The molecule has 5 aromatic carbocycles. The molecule has 0 aliphatic heterocycles. The van der Waals surface area contributed by atoms with Gasteiger partial charge in [-0.3, -0.25) is 0 Å². The lowest BCUT2D eigenvalue weighted by molar-refractivity contribution is 1.28. The molecule has 0 aliphatic carbocycles. The fraction of sp³-hybridized carbons (Fsp3) is 0. The summed E-state index contributed by atoms with van der Waals surface area (Å²) in [6.07, 6.45) is 2.26. The van der Waals surface area contributed by atoms with Gasteiger partial charge in [-0.05, 0) is 89.0 Å². The Morgan fingerprint density at radius 2 is 0.829 bits per heavy atom. The number of halogens is 2. The second-order valence-corrected chi connectivity index (χ2v) is 10.0. The van der Waals surface area contributed by atoms with Crippen LogP contribution in [0.3, 0.4) is 0 Å². The highest BCUT2D eigenvalue weighted by atomic mass is 79.9. The van der Waals surface area contributed by atoms with Crippen molar-refractivity contribution in [3.05, 3.63) is 159 Å². The highest BCUT2D eigenvalue weighted by molar-refractivity contribution is 9.10. The van der Waals surface area contributed by atoms with Crippen LogP contribution in [-0.4, -0.2) is 0 Å². The Bertz CT molecular complexity index is 1320. The van der Waals surface area contributed by atoms with Gasteiger partial charge in [0, 0.05) is 26.0 Å². The van der Waals surface area contributed by atoms with E-state index in [2.05, 4.69) is 176 Å². The first-order chi connectivity index (χ1) is 17.2. The molecule has 1 nitrogen and oxygen atoms in total. The Kier molecular flexibility index (Phi) is 7.27. The summed E-state index contributed by atoms with van der Waals surface area (Å²) in [6, 6.07) is 46.7. The SMILES string of the molecule is Brc1ccc(N(c2ccc(Br)cc2)c2ccc(C=C(c3ccccc3)c3ccccc3)cc2)cc1. The van der Waals surface area contributed by atoms with Crippen molar-refractivity contribution in [3.8, 4) is 0 Å². The summed E-state index contributed by atoms with van der Waals surface area (Å²) in [5, 5.41) is 0. The fourth-order valence-electron chi connectivity index (χ4n) is 4.08. The van der Waals surface area contributed by atoms with Gasteiger partial charge in [-0.2, -0.15) is 0 Å². The molecule has 0 saturated carbocycles. The van der Waals surface area contributed by atoms with Crippen molar-refractivity contribution in [2.45, 2.75) is 0 Å². The zero-order valence-electron chi connectivity index (χ0n) is 19.0. The van der Waals surface area contributed by atoms with Crippen molar-refractivity contribution in [3.63, 3.8) is 0 Å². The lowest BCUT2D eigenvalue weighted by Gasteiger charge is -2.25. The molecule has 0 amide bonds. The number of benzene rings is 5. The van der Waals surface area contributed by atoms with Gasteiger partial charge >= 0.3 is 0 Å². The Morgan fingerprint density at radius 3 is 1.23 bits per heavy atom. The van der Waals surface area contributed by atoms with Crippen molar-refractivity contribution in [2.75, 3.05) is 4.90 Å². The molecule has 0 aliphatic rings. The van der Waals surface area contributed by atoms with Crippen LogP contribution in [0.2, 0.25) is 0 Å². The lowest BCUT2D eigenvalue weighted by Crippen LogP contribution is -2.09. The van der Waals surface area contributed by atoms with Crippen molar-refractivity contribution < 1.29 is 0 Å². The van der Waals surface area contributed by atoms with Crippen molar-refractivity contribution in [2.24, 2.45) is 0 Å². The second kappa shape index (κ2) is 10.9. The van der Waals surface area contributed by atoms with E-state index in [0.717, 1.165) is 31.6 Å². The van der Waals surface area contributed by atoms with Crippen LogP contribution in [0.15, 0.2) is 142 Å². The molecule has 170 valence electrons. The maximum absolute atomic E-state index is 3.56. The molecule has 0 unspecified atom stereocenters. The normalized spacial score (nSPS) is 10.6. The van der Waals surface area contributed by atoms with Gasteiger partial charge in [0.15, 0.2) is 0 Å². The summed E-state index contributed by atoms with van der Waals surface area (Å²) in [7, 11) is 0. The van der Waals surface area contributed by atoms with E-state index in [0.29, 0.717) is 0 Å². The predicted molar refractivity (Wildman–Crippen MR) is 156 cm³/mol. The smallest absolute Gasteiger partial charge is 0.0462 e. The number of anilines is 3. The zero-order chi connectivity index (χ0) is 24.0. The molecule has 0 aromatic heterocycles. The molecule has 0 atom stereocenters. The highest BCUT2D eigenvalue weighted by Crippen LogP contribution is 2.36. The average Bonchev–Trinajstić information content (AvgIpc) is 2.91. The molecule has 0 bridgehead atoms. The first-order valence-electron chi connectivity index (χ1n) is 11.4. The standard InChI is InChI=1S/C32H23Br2N/c33-27-13-19-30(20-14-27)35(31-21-15-28(34)16-22-31)29-17-11-24(12-18-29)23-32(25-7-3-1-4-8-25)26-9-5-2-6-10-26/h1-23H. The van der Waals surface area contributed by atoms with E-state index >= 15 is 0 Å². The van der Waals surface area contributed by atoms with Gasteiger partial charge in [0.2, 0.25) is 0 Å². The fourth-order valence-corrected chi connectivity index (χ4v) is 4.61. The van der Waals surface area contributed by atoms with E-state index in [1.54, 1.807) is 0 Å². The Labute approximate surface area is 223 Å². The van der Waals surface area contributed by atoms with E-state index in [9.17, 15) is 0 Å². The van der Waals surface area contributed by atoms with E-state index in [-0.39, 0.29) is 0 Å². The van der Waals surface area contributed by atoms with E-state index in [1.807, 2.05) is 0 Å². The Balaban J connectivity index is 1.55. The quantitative estimate of drug-likeness (QED) is 0.181. The summed E-state index contributed by atoms with van der Waals surface area (Å²) in [5.41, 5.74) is 8.08. The molecule has 0 heterocycles. The van der Waals surface area contributed by atoms with Gasteiger partial charge in [-0.25, -0.2) is 0 Å². The largest absolute Gasteiger partial charge is 0.311 e. The number of rotatable bonds is 6. The van der Waals surface area contributed by atoms with Gasteiger partial charge in [-0.15, -0.1) is 0 Å². The number of nitrogens with zero attached hydrogens (tertiary/aromatic N) is 1. The molecule has 5 rings (SSSR count). The third-order valence-corrected chi connectivity index (χ3v) is 6.86.